The van der Waals surface area contributed by atoms with Gasteiger partial charge in [0.25, 0.3) is 0 Å². The highest BCUT2D eigenvalue weighted by molar-refractivity contribution is 5.46. The summed E-state index contributed by atoms with van der Waals surface area (Å²) in [5, 5.41) is 0. The van der Waals surface area contributed by atoms with Crippen LogP contribution < -0.4 is 20.7 Å². The van der Waals surface area contributed by atoms with Crippen molar-refractivity contribution in [3.05, 3.63) is 35.7 Å². The molecule has 1 heterocycles. The van der Waals surface area contributed by atoms with E-state index < -0.39 is 0 Å². The molecule has 6 heteroatoms. The van der Waals surface area contributed by atoms with Crippen LogP contribution in [0, 0.1) is 6.92 Å². The van der Waals surface area contributed by atoms with Crippen LogP contribution in [0.1, 0.15) is 31.2 Å². The average Bonchev–Trinajstić information content (AvgIpc) is 2.48. The van der Waals surface area contributed by atoms with E-state index in [1.165, 1.54) is 0 Å². The summed E-state index contributed by atoms with van der Waals surface area (Å²) in [7, 11) is 1.61. The number of nitrogens with one attached hydrogen (secondary N) is 1. The number of nitrogen functional groups attached to an aromatic ring is 1. The summed E-state index contributed by atoms with van der Waals surface area (Å²) in [6.07, 6.45) is 0. The minimum Gasteiger partial charge on any atom is -0.493 e. The summed E-state index contributed by atoms with van der Waals surface area (Å²) < 4.78 is 11.1. The maximum atomic E-state index is 5.82. The molecule has 0 spiro atoms. The highest BCUT2D eigenvalue weighted by Crippen LogP contribution is 2.32. The molecule has 1 aromatic carbocycles. The first kappa shape index (κ1) is 15.1. The molecule has 0 atom stereocenters. The van der Waals surface area contributed by atoms with Crippen LogP contribution >= 0.6 is 0 Å². The molecule has 0 unspecified atom stereocenters. The smallest absolute Gasteiger partial charge is 0.224 e. The van der Waals surface area contributed by atoms with E-state index in [9.17, 15) is 0 Å². The number of hydrogen-bond acceptors (Lipinski definition) is 6. The van der Waals surface area contributed by atoms with E-state index in [-0.39, 0.29) is 5.92 Å². The number of aryl methyl sites for hydroxylation is 1. The number of aromatic nitrogens is 2. The molecule has 3 N–H and O–H groups in total. The van der Waals surface area contributed by atoms with E-state index in [2.05, 4.69) is 15.4 Å². The molecule has 6 nitrogen and oxygen atoms in total. The van der Waals surface area contributed by atoms with Crippen molar-refractivity contribution in [2.24, 2.45) is 5.84 Å². The molecule has 0 amide bonds. The predicted octanol–water partition coefficient (Wildman–Crippen LogP) is 2.99. The van der Waals surface area contributed by atoms with E-state index >= 15 is 0 Å². The minimum absolute atomic E-state index is 0.167. The molecule has 0 radical (unpaired) electrons. The molecule has 21 heavy (non-hydrogen) atoms. The van der Waals surface area contributed by atoms with Crippen LogP contribution in [0.2, 0.25) is 0 Å². The molecule has 0 aliphatic carbocycles. The fourth-order valence-electron chi connectivity index (χ4n) is 1.80. The minimum atomic E-state index is 0.167. The highest BCUT2D eigenvalue weighted by atomic mass is 16.5. The van der Waals surface area contributed by atoms with Crippen molar-refractivity contribution in [3.63, 3.8) is 0 Å². The SMILES string of the molecule is COc1cc(C)ccc1Oc1cc(NN)nc(C(C)C)n1. The van der Waals surface area contributed by atoms with Crippen LogP contribution in [0.5, 0.6) is 17.4 Å². The number of benzene rings is 1. The Bertz CT molecular complexity index is 629. The van der Waals surface area contributed by atoms with Crippen molar-refractivity contribution in [1.29, 1.82) is 0 Å². The van der Waals surface area contributed by atoms with Crippen molar-refractivity contribution in [1.82, 2.24) is 9.97 Å². The molecule has 0 fully saturated rings. The van der Waals surface area contributed by atoms with Crippen molar-refractivity contribution >= 4 is 5.82 Å². The maximum Gasteiger partial charge on any atom is 0.224 e. The number of ether oxygens (including phenoxy) is 2. The number of hydrazine groups is 1. The summed E-state index contributed by atoms with van der Waals surface area (Å²) >= 11 is 0. The standard InChI is InChI=1S/C15H20N4O2/c1-9(2)15-17-13(19-16)8-14(18-15)21-11-6-5-10(3)7-12(11)20-4/h5-9H,16H2,1-4H3,(H,17,18,19). The predicted molar refractivity (Wildman–Crippen MR) is 81.7 cm³/mol. The van der Waals surface area contributed by atoms with Gasteiger partial charge in [0.15, 0.2) is 11.5 Å². The van der Waals surface area contributed by atoms with E-state index in [0.29, 0.717) is 29.0 Å². The van der Waals surface area contributed by atoms with Gasteiger partial charge in [-0.25, -0.2) is 10.8 Å². The van der Waals surface area contributed by atoms with Crippen molar-refractivity contribution < 1.29 is 9.47 Å². The molecule has 1 aromatic heterocycles. The molecule has 0 saturated carbocycles. The van der Waals surface area contributed by atoms with Gasteiger partial charge in [-0.05, 0) is 24.6 Å². The fourth-order valence-corrected chi connectivity index (χ4v) is 1.80. The summed E-state index contributed by atoms with van der Waals surface area (Å²) in [5.41, 5.74) is 3.62. The van der Waals surface area contributed by atoms with Crippen molar-refractivity contribution in [2.45, 2.75) is 26.7 Å². The van der Waals surface area contributed by atoms with Crippen LogP contribution in [-0.2, 0) is 0 Å². The van der Waals surface area contributed by atoms with Gasteiger partial charge in [0, 0.05) is 12.0 Å². The van der Waals surface area contributed by atoms with Gasteiger partial charge in [0.05, 0.1) is 7.11 Å². The van der Waals surface area contributed by atoms with Gasteiger partial charge in [-0.15, -0.1) is 0 Å². The molecule has 112 valence electrons. The Balaban J connectivity index is 2.37. The van der Waals surface area contributed by atoms with Crippen LogP contribution in [0.15, 0.2) is 24.3 Å². The van der Waals surface area contributed by atoms with E-state index in [4.69, 9.17) is 15.3 Å². The molecule has 0 aliphatic rings. The zero-order valence-corrected chi connectivity index (χ0v) is 12.7. The maximum absolute atomic E-state index is 5.82. The first-order valence-corrected chi connectivity index (χ1v) is 6.71. The summed E-state index contributed by atoms with van der Waals surface area (Å²) in [4.78, 5) is 8.68. The molecule has 2 rings (SSSR count). The lowest BCUT2D eigenvalue weighted by molar-refractivity contribution is 0.373. The fraction of sp³-hybridized carbons (Fsp3) is 0.333. The number of nitrogens with zero attached hydrogens (tertiary/aromatic N) is 2. The summed E-state index contributed by atoms with van der Waals surface area (Å²) in [6.45, 7) is 6.00. The largest absolute Gasteiger partial charge is 0.493 e. The van der Waals surface area contributed by atoms with Gasteiger partial charge in [-0.2, -0.15) is 4.98 Å². The van der Waals surface area contributed by atoms with Crippen LogP contribution in [-0.4, -0.2) is 17.1 Å². The quantitative estimate of drug-likeness (QED) is 0.650. The summed E-state index contributed by atoms with van der Waals surface area (Å²) in [6, 6.07) is 7.35. The Morgan fingerprint density at radius 1 is 1.14 bits per heavy atom. The number of anilines is 1. The second kappa shape index (κ2) is 6.41. The number of hydrogen-bond donors (Lipinski definition) is 2. The third-order valence-electron chi connectivity index (χ3n) is 2.92. The zero-order chi connectivity index (χ0) is 15.4. The topological polar surface area (TPSA) is 82.3 Å². The first-order chi connectivity index (χ1) is 10.0. The van der Waals surface area contributed by atoms with Crippen molar-refractivity contribution in [3.8, 4) is 17.4 Å². The molecule has 0 saturated heterocycles. The third kappa shape index (κ3) is 3.61. The van der Waals surface area contributed by atoms with E-state index in [1.54, 1.807) is 13.2 Å². The van der Waals surface area contributed by atoms with E-state index in [1.807, 2.05) is 39.0 Å². The Morgan fingerprint density at radius 3 is 2.52 bits per heavy atom. The number of methoxy groups -OCH3 is 1. The van der Waals surface area contributed by atoms with Gasteiger partial charge in [0.2, 0.25) is 5.88 Å². The van der Waals surface area contributed by atoms with Crippen LogP contribution in [0.25, 0.3) is 0 Å². The lowest BCUT2D eigenvalue weighted by Gasteiger charge is -2.13. The van der Waals surface area contributed by atoms with Gasteiger partial charge in [-0.1, -0.05) is 19.9 Å². The Morgan fingerprint density at radius 2 is 1.90 bits per heavy atom. The van der Waals surface area contributed by atoms with Gasteiger partial charge in [-0.3, -0.25) is 0 Å². The number of nitrogens with two attached hydrogens (primary N) is 1. The normalized spacial score (nSPS) is 10.6. The first-order valence-electron chi connectivity index (χ1n) is 6.71. The lowest BCUT2D eigenvalue weighted by Crippen LogP contribution is -2.11. The molecule has 0 aliphatic heterocycles. The third-order valence-corrected chi connectivity index (χ3v) is 2.92. The second-order valence-electron chi connectivity index (χ2n) is 5.01. The number of rotatable bonds is 5. The molecular weight excluding hydrogens is 268 g/mol. The highest BCUT2D eigenvalue weighted by Gasteiger charge is 2.11. The second-order valence-corrected chi connectivity index (χ2v) is 5.01. The Hall–Kier alpha value is -2.34. The van der Waals surface area contributed by atoms with Gasteiger partial charge >= 0.3 is 0 Å². The summed E-state index contributed by atoms with van der Waals surface area (Å²) in [5.74, 6) is 8.44. The molecule has 2 aromatic rings. The van der Waals surface area contributed by atoms with Crippen LogP contribution in [0.4, 0.5) is 5.82 Å². The van der Waals surface area contributed by atoms with Crippen LogP contribution in [0.3, 0.4) is 0 Å². The Kier molecular flexibility index (Phi) is 4.59. The lowest BCUT2D eigenvalue weighted by atomic mass is 10.2. The molecule has 0 bridgehead atoms. The van der Waals surface area contributed by atoms with Gasteiger partial charge < -0.3 is 14.9 Å². The zero-order valence-electron chi connectivity index (χ0n) is 12.7. The van der Waals surface area contributed by atoms with Crippen molar-refractivity contribution in [2.75, 3.05) is 12.5 Å². The Labute approximate surface area is 124 Å². The van der Waals surface area contributed by atoms with Gasteiger partial charge in [0.1, 0.15) is 11.6 Å². The monoisotopic (exact) mass is 288 g/mol. The average molecular weight is 288 g/mol. The van der Waals surface area contributed by atoms with E-state index in [0.717, 1.165) is 5.56 Å². The molecular formula is C15H20N4O2.